The molecule has 1 aromatic carbocycles. The van der Waals surface area contributed by atoms with E-state index in [1.54, 1.807) is 6.07 Å². The Labute approximate surface area is 146 Å². The maximum atomic E-state index is 12.5. The van der Waals surface area contributed by atoms with Gasteiger partial charge in [0.15, 0.2) is 0 Å². The molecule has 1 saturated heterocycles. The van der Waals surface area contributed by atoms with Crippen molar-refractivity contribution in [2.24, 2.45) is 11.8 Å². The number of carbonyl (C=O) groups is 3. The summed E-state index contributed by atoms with van der Waals surface area (Å²) in [4.78, 5) is 38.0. The lowest BCUT2D eigenvalue weighted by Gasteiger charge is -2.18. The molecule has 3 rings (SSSR count). The Morgan fingerprint density at radius 3 is 2.20 bits per heavy atom. The lowest BCUT2D eigenvalue weighted by molar-refractivity contribution is 0.0555. The Hall–Kier alpha value is -2.57. The molecule has 1 aromatic rings. The second-order valence-electron chi connectivity index (χ2n) is 6.53. The first-order valence-electron chi connectivity index (χ1n) is 8.40. The number of rotatable bonds is 3. The van der Waals surface area contributed by atoms with Crippen LogP contribution in [0.15, 0.2) is 18.2 Å². The summed E-state index contributed by atoms with van der Waals surface area (Å²) < 4.78 is 9.39. The second kappa shape index (κ2) is 7.13. The molecule has 2 atom stereocenters. The number of esters is 2. The van der Waals surface area contributed by atoms with Crippen LogP contribution in [0.5, 0.6) is 0 Å². The third-order valence-electron chi connectivity index (χ3n) is 5.09. The average Bonchev–Trinajstić information content (AvgIpc) is 3.22. The van der Waals surface area contributed by atoms with Gasteiger partial charge in [0.1, 0.15) is 0 Å². The summed E-state index contributed by atoms with van der Waals surface area (Å²) in [5, 5.41) is 2.80. The molecule has 1 heterocycles. The predicted octanol–water partition coefficient (Wildman–Crippen LogP) is 2.52. The first kappa shape index (κ1) is 17.3. The van der Waals surface area contributed by atoms with E-state index in [2.05, 4.69) is 10.1 Å². The molecular formula is C18H22N2O5. The molecule has 0 bridgehead atoms. The number of hydrogen-bond acceptors (Lipinski definition) is 5. The smallest absolute Gasteiger partial charge is 0.338 e. The third-order valence-corrected chi connectivity index (χ3v) is 5.09. The van der Waals surface area contributed by atoms with E-state index in [-0.39, 0.29) is 17.2 Å². The van der Waals surface area contributed by atoms with E-state index < -0.39 is 11.9 Å². The molecule has 1 saturated carbocycles. The number of carbonyl (C=O) groups excluding carboxylic acids is 3. The van der Waals surface area contributed by atoms with E-state index >= 15 is 0 Å². The summed E-state index contributed by atoms with van der Waals surface area (Å²) in [6, 6.07) is 4.28. The Morgan fingerprint density at radius 2 is 1.60 bits per heavy atom. The molecule has 0 aromatic heterocycles. The molecule has 2 fully saturated rings. The number of methoxy groups -OCH3 is 2. The molecule has 1 aliphatic carbocycles. The van der Waals surface area contributed by atoms with Gasteiger partial charge in [-0.25, -0.2) is 14.4 Å². The van der Waals surface area contributed by atoms with Crippen molar-refractivity contribution in [1.82, 2.24) is 4.90 Å². The number of benzene rings is 1. The molecule has 2 amide bonds. The number of hydrogen-bond donors (Lipinski definition) is 1. The summed E-state index contributed by atoms with van der Waals surface area (Å²) in [6.45, 7) is 1.56. The number of nitrogens with zero attached hydrogens (tertiary/aromatic N) is 1. The van der Waals surface area contributed by atoms with E-state index in [9.17, 15) is 14.4 Å². The van der Waals surface area contributed by atoms with E-state index in [0.717, 1.165) is 13.1 Å². The monoisotopic (exact) mass is 346 g/mol. The van der Waals surface area contributed by atoms with Gasteiger partial charge in [0.05, 0.1) is 25.3 Å². The fraction of sp³-hybridized carbons (Fsp3) is 0.500. The van der Waals surface area contributed by atoms with Gasteiger partial charge in [-0.05, 0) is 42.9 Å². The maximum absolute atomic E-state index is 12.5. The van der Waals surface area contributed by atoms with Crippen molar-refractivity contribution in [1.29, 1.82) is 0 Å². The van der Waals surface area contributed by atoms with Crippen LogP contribution in [0.3, 0.4) is 0 Å². The minimum Gasteiger partial charge on any atom is -0.465 e. The predicted molar refractivity (Wildman–Crippen MR) is 90.5 cm³/mol. The van der Waals surface area contributed by atoms with Crippen molar-refractivity contribution in [2.45, 2.75) is 19.3 Å². The third kappa shape index (κ3) is 3.45. The number of ether oxygens (including phenoxy) is 2. The van der Waals surface area contributed by atoms with Crippen LogP contribution in [0.1, 0.15) is 40.0 Å². The summed E-state index contributed by atoms with van der Waals surface area (Å²) in [7, 11) is 2.47. The van der Waals surface area contributed by atoms with Gasteiger partial charge >= 0.3 is 18.0 Å². The zero-order chi connectivity index (χ0) is 18.0. The largest absolute Gasteiger partial charge is 0.465 e. The Bertz CT molecular complexity index is 691. The molecule has 0 radical (unpaired) electrons. The highest BCUT2D eigenvalue weighted by Gasteiger charge is 2.38. The maximum Gasteiger partial charge on any atom is 0.338 e. The minimum absolute atomic E-state index is 0.0606. The highest BCUT2D eigenvalue weighted by atomic mass is 16.5. The lowest BCUT2D eigenvalue weighted by atomic mass is 10.0. The zero-order valence-corrected chi connectivity index (χ0v) is 14.4. The summed E-state index contributed by atoms with van der Waals surface area (Å²) >= 11 is 0. The van der Waals surface area contributed by atoms with Crippen molar-refractivity contribution in [3.05, 3.63) is 29.3 Å². The minimum atomic E-state index is -0.660. The molecule has 134 valence electrons. The lowest BCUT2D eigenvalue weighted by Crippen LogP contribution is -2.33. The van der Waals surface area contributed by atoms with Gasteiger partial charge in [0, 0.05) is 18.8 Å². The standard InChI is InChI=1S/C18H22N2O5/c1-24-16(21)14-7-6-13(8-15(14)17(22)25-2)19-18(23)20-9-11-4-3-5-12(11)10-20/h6-8,11-12H,3-5,9-10H2,1-2H3,(H,19,23). The van der Waals surface area contributed by atoms with Crippen LogP contribution in [0.25, 0.3) is 0 Å². The van der Waals surface area contributed by atoms with Crippen molar-refractivity contribution < 1.29 is 23.9 Å². The molecule has 7 heteroatoms. The van der Waals surface area contributed by atoms with Gasteiger partial charge in [0.25, 0.3) is 0 Å². The first-order valence-corrected chi connectivity index (χ1v) is 8.40. The topological polar surface area (TPSA) is 84.9 Å². The number of fused-ring (bicyclic) bond motifs is 1. The number of likely N-dealkylation sites (tertiary alicyclic amines) is 1. The molecule has 1 N–H and O–H groups in total. The molecule has 1 aliphatic heterocycles. The van der Waals surface area contributed by atoms with Crippen LogP contribution >= 0.6 is 0 Å². The number of anilines is 1. The number of nitrogens with one attached hydrogen (secondary N) is 1. The summed E-state index contributed by atoms with van der Waals surface area (Å²) in [5.41, 5.74) is 0.601. The average molecular weight is 346 g/mol. The van der Waals surface area contributed by atoms with Crippen LogP contribution in [0, 0.1) is 11.8 Å². The Balaban J connectivity index is 1.75. The van der Waals surface area contributed by atoms with Crippen LogP contribution in [0.2, 0.25) is 0 Å². The van der Waals surface area contributed by atoms with Gasteiger partial charge in [-0.1, -0.05) is 6.42 Å². The summed E-state index contributed by atoms with van der Waals surface area (Å²) in [5.74, 6) is -0.0750. The van der Waals surface area contributed by atoms with E-state index in [1.807, 2.05) is 4.90 Å². The fourth-order valence-corrected chi connectivity index (χ4v) is 3.79. The van der Waals surface area contributed by atoms with Crippen LogP contribution in [-0.4, -0.2) is 50.2 Å². The number of urea groups is 1. The molecule has 7 nitrogen and oxygen atoms in total. The van der Waals surface area contributed by atoms with Crippen molar-refractivity contribution in [3.63, 3.8) is 0 Å². The van der Waals surface area contributed by atoms with Gasteiger partial charge in [0.2, 0.25) is 0 Å². The molecular weight excluding hydrogens is 324 g/mol. The van der Waals surface area contributed by atoms with E-state index in [1.165, 1.54) is 45.6 Å². The summed E-state index contributed by atoms with van der Waals surface area (Å²) in [6.07, 6.45) is 3.63. The SMILES string of the molecule is COC(=O)c1ccc(NC(=O)N2CC3CCCC3C2)cc1C(=O)OC. The Kier molecular flexibility index (Phi) is 4.92. The first-order chi connectivity index (χ1) is 12.0. The van der Waals surface area contributed by atoms with Crippen molar-refractivity contribution in [2.75, 3.05) is 32.6 Å². The highest BCUT2D eigenvalue weighted by molar-refractivity contribution is 6.04. The fourth-order valence-electron chi connectivity index (χ4n) is 3.79. The van der Waals surface area contributed by atoms with Gasteiger partial charge < -0.3 is 19.7 Å². The highest BCUT2D eigenvalue weighted by Crippen LogP contribution is 2.37. The van der Waals surface area contributed by atoms with Crippen molar-refractivity contribution >= 4 is 23.7 Å². The van der Waals surface area contributed by atoms with Crippen LogP contribution in [0.4, 0.5) is 10.5 Å². The normalized spacial score (nSPS) is 21.6. The quantitative estimate of drug-likeness (QED) is 0.850. The molecule has 2 unspecified atom stereocenters. The van der Waals surface area contributed by atoms with E-state index in [0.29, 0.717) is 17.5 Å². The van der Waals surface area contributed by atoms with Gasteiger partial charge in [-0.15, -0.1) is 0 Å². The van der Waals surface area contributed by atoms with E-state index in [4.69, 9.17) is 4.74 Å². The van der Waals surface area contributed by atoms with Crippen LogP contribution in [-0.2, 0) is 9.47 Å². The number of amides is 2. The molecule has 25 heavy (non-hydrogen) atoms. The molecule has 0 spiro atoms. The zero-order valence-electron chi connectivity index (χ0n) is 14.4. The van der Waals surface area contributed by atoms with Crippen LogP contribution < -0.4 is 5.32 Å². The Morgan fingerprint density at radius 1 is 1.00 bits per heavy atom. The van der Waals surface area contributed by atoms with Gasteiger partial charge in [-0.3, -0.25) is 0 Å². The van der Waals surface area contributed by atoms with Gasteiger partial charge in [-0.2, -0.15) is 0 Å². The second-order valence-corrected chi connectivity index (χ2v) is 6.53. The molecule has 2 aliphatic rings. The van der Waals surface area contributed by atoms with Crippen molar-refractivity contribution in [3.8, 4) is 0 Å².